The summed E-state index contributed by atoms with van der Waals surface area (Å²) in [7, 11) is 0. The van der Waals surface area contributed by atoms with E-state index in [1.807, 2.05) is 4.90 Å². The first kappa shape index (κ1) is 38.8. The fraction of sp³-hybridized carbons (Fsp3) is 0.875. The molecule has 53 heavy (non-hydrogen) atoms. The largest absolute Gasteiger partial charge is 0.381 e. The highest BCUT2D eigenvalue weighted by Gasteiger charge is 2.47. The van der Waals surface area contributed by atoms with E-state index >= 15 is 8.78 Å². The Bertz CT molecular complexity index is 1330. The van der Waals surface area contributed by atoms with Crippen LogP contribution in [-0.2, 0) is 4.79 Å². The predicted octanol–water partition coefficient (Wildman–Crippen LogP) is 5.29. The number of aromatic nitrogens is 2. The molecule has 2 aliphatic carbocycles. The second-order valence-corrected chi connectivity index (χ2v) is 17.2. The topological polar surface area (TPSA) is 124 Å². The fourth-order valence-corrected chi connectivity index (χ4v) is 10.5. The highest BCUT2D eigenvalue weighted by molar-refractivity contribution is 6.03. The summed E-state index contributed by atoms with van der Waals surface area (Å²) in [6.07, 6.45) is 18.1. The summed E-state index contributed by atoms with van der Waals surface area (Å²) in [6, 6.07) is -1.82. The van der Waals surface area contributed by atoms with E-state index in [-0.39, 0.29) is 41.7 Å². The van der Waals surface area contributed by atoms with Gasteiger partial charge in [-0.3, -0.25) is 19.4 Å². The zero-order chi connectivity index (χ0) is 36.7. The van der Waals surface area contributed by atoms with Crippen LogP contribution in [0.25, 0.3) is 0 Å². The van der Waals surface area contributed by atoms with Crippen molar-refractivity contribution >= 4 is 23.5 Å². The van der Waals surface area contributed by atoms with Crippen LogP contribution in [0.2, 0.25) is 0 Å². The number of carbonyl (C=O) groups excluding carboxylic acids is 2. The molecule has 7 rings (SSSR count). The first-order valence-corrected chi connectivity index (χ1v) is 21.6. The van der Waals surface area contributed by atoms with E-state index in [0.717, 1.165) is 83.7 Å². The molecule has 5 heterocycles. The number of nitrogens with two attached hydrogens (primary N) is 1. The molecule has 298 valence electrons. The van der Waals surface area contributed by atoms with Crippen LogP contribution in [0.3, 0.4) is 0 Å². The molecule has 0 radical (unpaired) electrons. The van der Waals surface area contributed by atoms with E-state index in [0.29, 0.717) is 45.1 Å². The summed E-state index contributed by atoms with van der Waals surface area (Å²) in [5.41, 5.74) is 6.76. The van der Waals surface area contributed by atoms with Crippen molar-refractivity contribution < 1.29 is 18.4 Å². The second kappa shape index (κ2) is 18.4. The molecule has 1 aromatic rings. The van der Waals surface area contributed by atoms with Gasteiger partial charge in [-0.2, -0.15) is 5.10 Å². The van der Waals surface area contributed by atoms with Crippen LogP contribution in [0.15, 0.2) is 0 Å². The van der Waals surface area contributed by atoms with Crippen LogP contribution >= 0.6 is 0 Å². The zero-order valence-electron chi connectivity index (χ0n) is 32.1. The number of nitrogens with one attached hydrogen (secondary N) is 3. The zero-order valence-corrected chi connectivity index (χ0v) is 32.1. The number of fused-ring (bicyclic) bond motifs is 1. The lowest BCUT2D eigenvalue weighted by Crippen LogP contribution is -2.71. The van der Waals surface area contributed by atoms with Crippen LogP contribution in [0.4, 0.5) is 20.4 Å². The molecule has 0 bridgehead atoms. The SMILES string of the molecule is Nc1nn2c(c1C(=O)NC1CNC(C3CCCCCCCC3)C(F)C1N1CCN(C(=O)CN3CCC3)CC1)NCC(F)C2C1CCCCCCCCC1. The molecule has 2 amide bonds. The van der Waals surface area contributed by atoms with Crippen LogP contribution in [0.1, 0.15) is 132 Å². The number of likely N-dealkylation sites (tertiary alicyclic amines) is 1. The first-order valence-electron chi connectivity index (χ1n) is 21.6. The minimum atomic E-state index is -1.19. The third-order valence-electron chi connectivity index (χ3n) is 13.7. The number of piperazine rings is 1. The fourth-order valence-electron chi connectivity index (χ4n) is 10.5. The number of amides is 2. The Labute approximate surface area is 315 Å². The molecule has 13 heteroatoms. The summed E-state index contributed by atoms with van der Waals surface area (Å²) in [5, 5.41) is 14.6. The van der Waals surface area contributed by atoms with Gasteiger partial charge in [0.25, 0.3) is 5.91 Å². The lowest BCUT2D eigenvalue weighted by Gasteiger charge is -2.49. The lowest BCUT2D eigenvalue weighted by molar-refractivity contribution is -0.136. The number of nitrogens with zero attached hydrogens (tertiary/aromatic N) is 5. The van der Waals surface area contributed by atoms with Crippen molar-refractivity contribution in [2.45, 2.75) is 152 Å². The summed E-state index contributed by atoms with van der Waals surface area (Å²) in [5.74, 6) is 0.686. The van der Waals surface area contributed by atoms with Crippen molar-refractivity contribution in [2.24, 2.45) is 11.8 Å². The van der Waals surface area contributed by atoms with Gasteiger partial charge < -0.3 is 26.6 Å². The first-order chi connectivity index (χ1) is 25.9. The average Bonchev–Trinajstić information content (AvgIpc) is 3.54. The van der Waals surface area contributed by atoms with Gasteiger partial charge in [-0.1, -0.05) is 83.5 Å². The summed E-state index contributed by atoms with van der Waals surface area (Å²) in [6.45, 7) is 5.20. The van der Waals surface area contributed by atoms with Crippen molar-refractivity contribution in [3.05, 3.63) is 5.56 Å². The highest BCUT2D eigenvalue weighted by Crippen LogP contribution is 2.41. The van der Waals surface area contributed by atoms with Gasteiger partial charge in [0.15, 0.2) is 5.82 Å². The van der Waals surface area contributed by atoms with E-state index in [1.54, 1.807) is 4.68 Å². The number of nitrogen functional groups attached to an aromatic ring is 1. The Morgan fingerprint density at radius 1 is 0.736 bits per heavy atom. The Morgan fingerprint density at radius 3 is 1.91 bits per heavy atom. The summed E-state index contributed by atoms with van der Waals surface area (Å²) in [4.78, 5) is 33.7. The molecule has 1 aromatic heterocycles. The number of alkyl halides is 2. The quantitative estimate of drug-likeness (QED) is 0.298. The molecule has 6 atom stereocenters. The Kier molecular flexibility index (Phi) is 13.5. The number of piperidine rings is 1. The third kappa shape index (κ3) is 9.14. The molecule has 4 aliphatic heterocycles. The molecule has 5 fully saturated rings. The maximum Gasteiger partial charge on any atom is 0.259 e. The van der Waals surface area contributed by atoms with Gasteiger partial charge in [-0.15, -0.1) is 0 Å². The maximum absolute atomic E-state index is 17.3. The van der Waals surface area contributed by atoms with Crippen LogP contribution in [0.5, 0.6) is 0 Å². The highest BCUT2D eigenvalue weighted by atomic mass is 19.1. The molecule has 2 saturated carbocycles. The lowest BCUT2D eigenvalue weighted by atomic mass is 9.80. The molecule has 11 nitrogen and oxygen atoms in total. The minimum Gasteiger partial charge on any atom is -0.381 e. The van der Waals surface area contributed by atoms with Crippen LogP contribution in [-0.4, -0.2) is 126 Å². The number of hydrogen-bond donors (Lipinski definition) is 4. The van der Waals surface area contributed by atoms with E-state index in [4.69, 9.17) is 5.73 Å². The van der Waals surface area contributed by atoms with Crippen molar-refractivity contribution in [3.63, 3.8) is 0 Å². The smallest absolute Gasteiger partial charge is 0.259 e. The van der Waals surface area contributed by atoms with Gasteiger partial charge in [0.1, 0.15) is 23.7 Å². The van der Waals surface area contributed by atoms with E-state index in [2.05, 4.69) is 30.8 Å². The molecule has 3 saturated heterocycles. The van der Waals surface area contributed by atoms with Gasteiger partial charge in [0, 0.05) is 45.3 Å². The number of carbonyl (C=O) groups is 2. The summed E-state index contributed by atoms with van der Waals surface area (Å²) >= 11 is 0. The van der Waals surface area contributed by atoms with Gasteiger partial charge >= 0.3 is 0 Å². The molecule has 0 aromatic carbocycles. The second-order valence-electron chi connectivity index (χ2n) is 17.2. The molecule has 0 spiro atoms. The van der Waals surface area contributed by atoms with E-state index in [1.165, 1.54) is 44.9 Å². The average molecular weight is 744 g/mol. The van der Waals surface area contributed by atoms with Gasteiger partial charge in [-0.05, 0) is 57.0 Å². The van der Waals surface area contributed by atoms with Gasteiger partial charge in [0.05, 0.1) is 24.7 Å². The van der Waals surface area contributed by atoms with Crippen molar-refractivity contribution in [3.8, 4) is 0 Å². The molecule has 5 N–H and O–H groups in total. The Hall–Kier alpha value is -2.51. The number of hydrogen-bond acceptors (Lipinski definition) is 8. The molecular formula is C40H67F2N9O2. The van der Waals surface area contributed by atoms with Crippen LogP contribution in [0, 0.1) is 11.8 Å². The summed E-state index contributed by atoms with van der Waals surface area (Å²) < 4.78 is 34.8. The number of rotatable bonds is 7. The monoisotopic (exact) mass is 744 g/mol. The van der Waals surface area contributed by atoms with Gasteiger partial charge in [0.2, 0.25) is 5.91 Å². The van der Waals surface area contributed by atoms with Crippen LogP contribution < -0.4 is 21.7 Å². The number of halogens is 2. The van der Waals surface area contributed by atoms with E-state index in [9.17, 15) is 9.59 Å². The van der Waals surface area contributed by atoms with Crippen molar-refractivity contribution in [1.82, 2.24) is 35.1 Å². The Morgan fingerprint density at radius 2 is 1.32 bits per heavy atom. The normalized spacial score (nSPS) is 32.3. The predicted molar refractivity (Wildman–Crippen MR) is 205 cm³/mol. The molecule has 6 unspecified atom stereocenters. The standard InChI is InChI=1S/C40H67F2N9O2/c41-30-25-45-39-33(38(43)47-51(39)36(30)29-17-12-8-2-1-3-9-13-18-29)40(53)46-31-26-44-35(28-15-10-6-4-5-7-11-16-28)34(42)37(31)50-23-21-49(22-24-50)32(52)27-48-19-14-20-48/h28-31,34-37,44-45H,1-27H2,(H2,43,47)(H,46,53). The van der Waals surface area contributed by atoms with Crippen molar-refractivity contribution in [2.75, 3.05) is 70.0 Å². The maximum atomic E-state index is 17.3. The van der Waals surface area contributed by atoms with Crippen molar-refractivity contribution in [1.29, 1.82) is 0 Å². The van der Waals surface area contributed by atoms with E-state index < -0.39 is 36.4 Å². The molecule has 6 aliphatic rings. The number of anilines is 2. The Balaban J connectivity index is 1.09. The molecular weight excluding hydrogens is 676 g/mol. The minimum absolute atomic E-state index is 0.0823. The van der Waals surface area contributed by atoms with Gasteiger partial charge in [-0.25, -0.2) is 13.5 Å². The third-order valence-corrected chi connectivity index (χ3v) is 13.7.